The van der Waals surface area contributed by atoms with E-state index in [-0.39, 0.29) is 24.3 Å². The summed E-state index contributed by atoms with van der Waals surface area (Å²) in [5.41, 5.74) is 0.735. The van der Waals surface area contributed by atoms with Crippen molar-refractivity contribution in [1.29, 1.82) is 0 Å². The van der Waals surface area contributed by atoms with Crippen LogP contribution in [0.2, 0.25) is 0 Å². The molecule has 5 nitrogen and oxygen atoms in total. The van der Waals surface area contributed by atoms with Crippen molar-refractivity contribution in [1.82, 2.24) is 14.8 Å². The first kappa shape index (κ1) is 14.2. The van der Waals surface area contributed by atoms with Crippen molar-refractivity contribution < 1.29 is 13.9 Å². The average Bonchev–Trinajstić information content (AvgIpc) is 2.80. The fourth-order valence-corrected chi connectivity index (χ4v) is 2.08. The van der Waals surface area contributed by atoms with Gasteiger partial charge >= 0.3 is 5.97 Å². The summed E-state index contributed by atoms with van der Waals surface area (Å²) in [5.74, 6) is -0.153. The van der Waals surface area contributed by atoms with Gasteiger partial charge in [-0.1, -0.05) is 12.1 Å². The number of rotatable bonds is 4. The third kappa shape index (κ3) is 2.68. The molecule has 0 aliphatic rings. The molecule has 0 fully saturated rings. The van der Waals surface area contributed by atoms with Gasteiger partial charge < -0.3 is 4.74 Å². The average molecular weight is 277 g/mol. The minimum Gasteiger partial charge on any atom is -0.460 e. The molecule has 0 N–H and O–H groups in total. The lowest BCUT2D eigenvalue weighted by molar-refractivity contribution is 0.0504. The smallest absolute Gasteiger partial charge is 0.376 e. The summed E-state index contributed by atoms with van der Waals surface area (Å²) < 4.78 is 19.9. The van der Waals surface area contributed by atoms with E-state index in [0.29, 0.717) is 5.82 Å². The minimum absolute atomic E-state index is 0.126. The van der Waals surface area contributed by atoms with Gasteiger partial charge in [-0.15, -0.1) is 10.2 Å². The van der Waals surface area contributed by atoms with Gasteiger partial charge in [0.1, 0.15) is 11.6 Å². The number of carbonyl (C=O) groups is 1. The van der Waals surface area contributed by atoms with E-state index < -0.39 is 5.97 Å². The Morgan fingerprint density at radius 1 is 1.45 bits per heavy atom. The summed E-state index contributed by atoms with van der Waals surface area (Å²) in [6.45, 7) is 5.58. The van der Waals surface area contributed by atoms with Gasteiger partial charge in [-0.05, 0) is 38.5 Å². The molecule has 0 spiro atoms. The second kappa shape index (κ2) is 5.81. The van der Waals surface area contributed by atoms with Gasteiger partial charge in [0.15, 0.2) is 0 Å². The van der Waals surface area contributed by atoms with Crippen LogP contribution in [0.15, 0.2) is 24.3 Å². The Morgan fingerprint density at radius 3 is 2.85 bits per heavy atom. The van der Waals surface area contributed by atoms with Crippen molar-refractivity contribution in [3.05, 3.63) is 47.3 Å². The molecule has 0 amide bonds. The topological polar surface area (TPSA) is 57.0 Å². The number of halogens is 1. The molecule has 20 heavy (non-hydrogen) atoms. The van der Waals surface area contributed by atoms with Crippen LogP contribution in [-0.4, -0.2) is 27.3 Å². The van der Waals surface area contributed by atoms with E-state index in [9.17, 15) is 9.18 Å². The largest absolute Gasteiger partial charge is 0.460 e. The van der Waals surface area contributed by atoms with Crippen LogP contribution in [0.3, 0.4) is 0 Å². The summed E-state index contributed by atoms with van der Waals surface area (Å²) in [6, 6.07) is 5.97. The number of ether oxygens (including phenoxy) is 1. The lowest BCUT2D eigenvalue weighted by Crippen LogP contribution is -2.18. The molecule has 1 atom stereocenters. The number of esters is 1. The van der Waals surface area contributed by atoms with Crippen LogP contribution in [0.1, 0.15) is 41.9 Å². The molecule has 1 unspecified atom stereocenters. The summed E-state index contributed by atoms with van der Waals surface area (Å²) >= 11 is 0. The van der Waals surface area contributed by atoms with Crippen LogP contribution >= 0.6 is 0 Å². The molecular formula is C14H16FN3O2. The van der Waals surface area contributed by atoms with E-state index in [1.165, 1.54) is 12.1 Å². The molecular weight excluding hydrogens is 261 g/mol. The van der Waals surface area contributed by atoms with Gasteiger partial charge in [0.25, 0.3) is 0 Å². The summed E-state index contributed by atoms with van der Waals surface area (Å²) in [6.07, 6.45) is 0. The standard InChI is InChI=1S/C14H16FN3O2/c1-4-20-14(19)13-17-16-10(3)18(13)9(2)11-6-5-7-12(15)8-11/h5-9H,4H2,1-3H3. The third-order valence-electron chi connectivity index (χ3n) is 3.04. The van der Waals surface area contributed by atoms with E-state index in [1.807, 2.05) is 6.92 Å². The van der Waals surface area contributed by atoms with Crippen LogP contribution in [-0.2, 0) is 4.74 Å². The van der Waals surface area contributed by atoms with Crippen molar-refractivity contribution in [3.63, 3.8) is 0 Å². The van der Waals surface area contributed by atoms with E-state index in [2.05, 4.69) is 10.2 Å². The van der Waals surface area contributed by atoms with E-state index in [0.717, 1.165) is 5.56 Å². The number of aryl methyl sites for hydroxylation is 1. The van der Waals surface area contributed by atoms with Crippen LogP contribution in [0, 0.1) is 12.7 Å². The maximum absolute atomic E-state index is 13.3. The Balaban J connectivity index is 2.41. The normalized spacial score (nSPS) is 12.2. The maximum Gasteiger partial charge on any atom is 0.376 e. The Morgan fingerprint density at radius 2 is 2.20 bits per heavy atom. The van der Waals surface area contributed by atoms with Gasteiger partial charge in [-0.3, -0.25) is 4.57 Å². The molecule has 0 radical (unpaired) electrons. The molecule has 0 saturated carbocycles. The minimum atomic E-state index is -0.531. The molecule has 106 valence electrons. The second-order valence-corrected chi connectivity index (χ2v) is 4.39. The number of aromatic nitrogens is 3. The number of benzene rings is 1. The number of hydrogen-bond acceptors (Lipinski definition) is 4. The van der Waals surface area contributed by atoms with Crippen LogP contribution < -0.4 is 0 Å². The zero-order chi connectivity index (χ0) is 14.7. The predicted octanol–water partition coefficient (Wildman–Crippen LogP) is 2.51. The number of nitrogens with zero attached hydrogens (tertiary/aromatic N) is 3. The van der Waals surface area contributed by atoms with Crippen molar-refractivity contribution >= 4 is 5.97 Å². The molecule has 0 aliphatic heterocycles. The number of carbonyl (C=O) groups excluding carboxylic acids is 1. The lowest BCUT2D eigenvalue weighted by atomic mass is 10.1. The maximum atomic E-state index is 13.3. The first-order valence-corrected chi connectivity index (χ1v) is 6.38. The van der Waals surface area contributed by atoms with Gasteiger partial charge in [-0.2, -0.15) is 0 Å². The summed E-state index contributed by atoms with van der Waals surface area (Å²) in [4.78, 5) is 11.9. The van der Waals surface area contributed by atoms with E-state index >= 15 is 0 Å². The molecule has 0 saturated heterocycles. The number of hydrogen-bond donors (Lipinski definition) is 0. The Hall–Kier alpha value is -2.24. The lowest BCUT2D eigenvalue weighted by Gasteiger charge is -2.17. The molecule has 0 bridgehead atoms. The highest BCUT2D eigenvalue weighted by atomic mass is 19.1. The van der Waals surface area contributed by atoms with Crippen LogP contribution in [0.4, 0.5) is 4.39 Å². The van der Waals surface area contributed by atoms with Gasteiger partial charge in [0.2, 0.25) is 5.82 Å². The highest BCUT2D eigenvalue weighted by Gasteiger charge is 2.22. The first-order valence-electron chi connectivity index (χ1n) is 6.38. The fourth-order valence-electron chi connectivity index (χ4n) is 2.08. The zero-order valence-electron chi connectivity index (χ0n) is 11.6. The molecule has 2 aromatic rings. The van der Waals surface area contributed by atoms with E-state index in [1.54, 1.807) is 30.5 Å². The SMILES string of the molecule is CCOC(=O)c1nnc(C)n1C(C)c1cccc(F)c1. The summed E-state index contributed by atoms with van der Waals surface area (Å²) in [5, 5.41) is 7.76. The molecule has 1 heterocycles. The Bertz CT molecular complexity index is 625. The van der Waals surface area contributed by atoms with Crippen LogP contribution in [0.5, 0.6) is 0 Å². The van der Waals surface area contributed by atoms with Gasteiger partial charge in [0.05, 0.1) is 12.6 Å². The monoisotopic (exact) mass is 277 g/mol. The fraction of sp³-hybridized carbons (Fsp3) is 0.357. The molecule has 2 rings (SSSR count). The van der Waals surface area contributed by atoms with Crippen molar-refractivity contribution in [2.24, 2.45) is 0 Å². The molecule has 1 aromatic carbocycles. The summed E-state index contributed by atoms with van der Waals surface area (Å²) in [7, 11) is 0. The molecule has 1 aromatic heterocycles. The quantitative estimate of drug-likeness (QED) is 0.806. The highest BCUT2D eigenvalue weighted by molar-refractivity contribution is 5.85. The molecule has 6 heteroatoms. The first-order chi connectivity index (χ1) is 9.54. The third-order valence-corrected chi connectivity index (χ3v) is 3.04. The zero-order valence-corrected chi connectivity index (χ0v) is 11.6. The second-order valence-electron chi connectivity index (χ2n) is 4.39. The van der Waals surface area contributed by atoms with Crippen LogP contribution in [0.25, 0.3) is 0 Å². The van der Waals surface area contributed by atoms with Gasteiger partial charge in [-0.25, -0.2) is 9.18 Å². The predicted molar refractivity (Wildman–Crippen MR) is 70.9 cm³/mol. The highest BCUT2D eigenvalue weighted by Crippen LogP contribution is 2.21. The Kier molecular flexibility index (Phi) is 4.12. The van der Waals surface area contributed by atoms with Gasteiger partial charge in [0, 0.05) is 0 Å². The van der Waals surface area contributed by atoms with Crippen molar-refractivity contribution in [2.45, 2.75) is 26.8 Å². The van der Waals surface area contributed by atoms with Crippen molar-refractivity contribution in [3.8, 4) is 0 Å². The molecule has 0 aliphatic carbocycles. The van der Waals surface area contributed by atoms with E-state index in [4.69, 9.17) is 4.74 Å². The Labute approximate surface area is 116 Å². The van der Waals surface area contributed by atoms with Crippen molar-refractivity contribution in [2.75, 3.05) is 6.61 Å².